The van der Waals surface area contributed by atoms with Crippen LogP contribution in [0.25, 0.3) is 0 Å². The Labute approximate surface area is 180 Å². The van der Waals surface area contributed by atoms with Crippen molar-refractivity contribution in [1.82, 2.24) is 0 Å². The second kappa shape index (κ2) is 9.06. The van der Waals surface area contributed by atoms with Gasteiger partial charge in [0.1, 0.15) is 17.3 Å². The summed E-state index contributed by atoms with van der Waals surface area (Å²) in [6.07, 6.45) is 1.00. The van der Waals surface area contributed by atoms with Crippen LogP contribution in [0.4, 0.5) is 25.8 Å². The van der Waals surface area contributed by atoms with E-state index in [4.69, 9.17) is 11.6 Å². The predicted octanol–water partition coefficient (Wildman–Crippen LogP) is 4.77. The third-order valence-electron chi connectivity index (χ3n) is 3.90. The van der Waals surface area contributed by atoms with Crippen molar-refractivity contribution in [1.29, 1.82) is 0 Å². The van der Waals surface area contributed by atoms with Crippen LogP contribution in [0.15, 0.2) is 70.7 Å². The molecule has 0 aromatic heterocycles. The van der Waals surface area contributed by atoms with Crippen molar-refractivity contribution in [2.75, 3.05) is 10.1 Å². The average Bonchev–Trinajstić information content (AvgIpc) is 2.69. The van der Waals surface area contributed by atoms with Crippen LogP contribution in [0.2, 0.25) is 5.02 Å². The fraction of sp³-hybridized carbons (Fsp3) is 0. The Morgan fingerprint density at radius 1 is 1.06 bits per heavy atom. The molecule has 0 amide bonds. The van der Waals surface area contributed by atoms with Crippen molar-refractivity contribution in [3.05, 3.63) is 93.0 Å². The van der Waals surface area contributed by atoms with Crippen molar-refractivity contribution in [3.63, 3.8) is 0 Å². The molecular weight excluding hydrogens is 454 g/mol. The van der Waals surface area contributed by atoms with Gasteiger partial charge >= 0.3 is 0 Å². The number of hydrazone groups is 1. The Kier molecular flexibility index (Phi) is 6.47. The van der Waals surface area contributed by atoms with Crippen molar-refractivity contribution >= 4 is 44.9 Å². The summed E-state index contributed by atoms with van der Waals surface area (Å²) in [6.45, 7) is 0. The Balaban J connectivity index is 1.85. The van der Waals surface area contributed by atoms with Gasteiger partial charge in [-0.3, -0.25) is 20.3 Å². The minimum atomic E-state index is -4.14. The monoisotopic (exact) mass is 466 g/mol. The van der Waals surface area contributed by atoms with Gasteiger partial charge in [-0.1, -0.05) is 17.7 Å². The number of sulfonamides is 1. The minimum Gasteiger partial charge on any atom is -0.280 e. The van der Waals surface area contributed by atoms with Crippen LogP contribution >= 0.6 is 11.6 Å². The Morgan fingerprint density at radius 3 is 2.52 bits per heavy atom. The summed E-state index contributed by atoms with van der Waals surface area (Å²) in [6, 6.07) is 11.9. The molecule has 0 aliphatic rings. The molecule has 0 spiro atoms. The SMILES string of the molecule is O=[N+]([O-])c1cc(S(=O)(=O)Nc2cccc(Cl)c2)ccc1NN=Cc1ccc(F)cc1F. The molecule has 3 aromatic rings. The molecular formula is C19H13ClF2N4O4S. The molecule has 0 saturated heterocycles. The molecule has 3 aromatic carbocycles. The minimum absolute atomic E-state index is 0.0542. The van der Waals surface area contributed by atoms with E-state index in [0.29, 0.717) is 11.1 Å². The van der Waals surface area contributed by atoms with Gasteiger partial charge in [-0.2, -0.15) is 5.10 Å². The lowest BCUT2D eigenvalue weighted by Crippen LogP contribution is -2.13. The largest absolute Gasteiger partial charge is 0.295 e. The van der Waals surface area contributed by atoms with E-state index in [1.807, 2.05) is 0 Å². The zero-order valence-corrected chi connectivity index (χ0v) is 17.0. The highest BCUT2D eigenvalue weighted by atomic mass is 35.5. The molecule has 0 aliphatic heterocycles. The lowest BCUT2D eigenvalue weighted by atomic mass is 10.2. The molecule has 8 nitrogen and oxygen atoms in total. The molecule has 0 bridgehead atoms. The quantitative estimate of drug-likeness (QED) is 0.295. The molecule has 0 fully saturated rings. The summed E-state index contributed by atoms with van der Waals surface area (Å²) in [4.78, 5) is 10.2. The van der Waals surface area contributed by atoms with Gasteiger partial charge in [0.2, 0.25) is 0 Å². The van der Waals surface area contributed by atoms with E-state index in [9.17, 15) is 27.3 Å². The summed E-state index contributed by atoms with van der Waals surface area (Å²) >= 11 is 5.83. The summed E-state index contributed by atoms with van der Waals surface area (Å²) in [5.41, 5.74) is 1.77. The molecule has 0 atom stereocenters. The Hall–Kier alpha value is -3.57. The van der Waals surface area contributed by atoms with Gasteiger partial charge in [0.15, 0.2) is 0 Å². The topological polar surface area (TPSA) is 114 Å². The van der Waals surface area contributed by atoms with Crippen molar-refractivity contribution < 1.29 is 22.1 Å². The normalized spacial score (nSPS) is 11.5. The predicted molar refractivity (Wildman–Crippen MR) is 113 cm³/mol. The van der Waals surface area contributed by atoms with Crippen molar-refractivity contribution in [2.24, 2.45) is 5.10 Å². The molecule has 0 aliphatic carbocycles. The fourth-order valence-corrected chi connectivity index (χ4v) is 3.73. The molecule has 12 heteroatoms. The smallest absolute Gasteiger partial charge is 0.280 e. The number of nitro benzene ring substituents is 1. The number of halogens is 3. The number of nitrogens with zero attached hydrogens (tertiary/aromatic N) is 2. The summed E-state index contributed by atoms with van der Waals surface area (Å²) in [7, 11) is -4.14. The van der Waals surface area contributed by atoms with Crippen LogP contribution < -0.4 is 10.1 Å². The van der Waals surface area contributed by atoms with Gasteiger partial charge in [-0.25, -0.2) is 17.2 Å². The Morgan fingerprint density at radius 2 is 1.84 bits per heavy atom. The van der Waals surface area contributed by atoms with E-state index in [0.717, 1.165) is 36.5 Å². The first-order chi connectivity index (χ1) is 14.7. The number of hydrogen-bond acceptors (Lipinski definition) is 6. The molecule has 3 rings (SSSR count). The lowest BCUT2D eigenvalue weighted by molar-refractivity contribution is -0.384. The van der Waals surface area contributed by atoms with Gasteiger partial charge in [-0.05, 0) is 42.5 Å². The molecule has 0 unspecified atom stereocenters. The second-order valence-corrected chi connectivity index (χ2v) is 8.21. The highest BCUT2D eigenvalue weighted by Gasteiger charge is 2.21. The highest BCUT2D eigenvalue weighted by molar-refractivity contribution is 7.92. The van der Waals surface area contributed by atoms with E-state index >= 15 is 0 Å². The first-order valence-electron chi connectivity index (χ1n) is 8.47. The van der Waals surface area contributed by atoms with E-state index in [2.05, 4.69) is 15.2 Å². The van der Waals surface area contributed by atoms with E-state index < -0.39 is 32.3 Å². The van der Waals surface area contributed by atoms with Crippen LogP contribution in [0.3, 0.4) is 0 Å². The number of nitrogens with one attached hydrogen (secondary N) is 2. The summed E-state index contributed by atoms with van der Waals surface area (Å²) < 4.78 is 54.0. The molecule has 0 saturated carbocycles. The second-order valence-electron chi connectivity index (χ2n) is 6.09. The van der Waals surface area contributed by atoms with Crippen molar-refractivity contribution in [2.45, 2.75) is 4.90 Å². The van der Waals surface area contributed by atoms with Gasteiger partial charge in [0, 0.05) is 22.7 Å². The maximum absolute atomic E-state index is 13.6. The number of rotatable bonds is 7. The number of anilines is 2. The first-order valence-corrected chi connectivity index (χ1v) is 10.3. The van der Waals surface area contributed by atoms with E-state index in [-0.39, 0.29) is 21.8 Å². The van der Waals surface area contributed by atoms with Crippen molar-refractivity contribution in [3.8, 4) is 0 Å². The maximum atomic E-state index is 13.6. The van der Waals surface area contributed by atoms with Gasteiger partial charge in [0.05, 0.1) is 21.7 Å². The zero-order valence-electron chi connectivity index (χ0n) is 15.4. The first kappa shape index (κ1) is 22.1. The fourth-order valence-electron chi connectivity index (χ4n) is 2.47. The summed E-state index contributed by atoms with van der Waals surface area (Å²) in [5.74, 6) is -1.63. The van der Waals surface area contributed by atoms with Gasteiger partial charge < -0.3 is 0 Å². The number of hydrogen-bond donors (Lipinski definition) is 2. The molecule has 160 valence electrons. The number of nitro groups is 1. The molecule has 0 heterocycles. The van der Waals surface area contributed by atoms with Crippen LogP contribution in [0.5, 0.6) is 0 Å². The van der Waals surface area contributed by atoms with Crippen LogP contribution in [0, 0.1) is 21.7 Å². The van der Waals surface area contributed by atoms with Gasteiger partial charge in [0.25, 0.3) is 15.7 Å². The zero-order chi connectivity index (χ0) is 22.6. The van der Waals surface area contributed by atoms with E-state index in [1.54, 1.807) is 6.07 Å². The van der Waals surface area contributed by atoms with Gasteiger partial charge in [-0.15, -0.1) is 0 Å². The summed E-state index contributed by atoms with van der Waals surface area (Å²) in [5, 5.41) is 15.4. The van der Waals surface area contributed by atoms with Crippen LogP contribution in [0.1, 0.15) is 5.56 Å². The molecule has 2 N–H and O–H groups in total. The lowest BCUT2D eigenvalue weighted by Gasteiger charge is -2.09. The Bertz CT molecular complexity index is 1290. The third-order valence-corrected chi connectivity index (χ3v) is 5.52. The van der Waals surface area contributed by atoms with Crippen LogP contribution in [-0.2, 0) is 10.0 Å². The standard InChI is InChI=1S/C19H13ClF2N4O4S/c20-13-2-1-3-15(8-13)25-31(29,30)16-6-7-18(19(10-16)26(27)28)24-23-11-12-4-5-14(21)9-17(12)22/h1-11,24-25H. The number of benzene rings is 3. The highest BCUT2D eigenvalue weighted by Crippen LogP contribution is 2.29. The third kappa shape index (κ3) is 5.53. The van der Waals surface area contributed by atoms with Crippen LogP contribution in [-0.4, -0.2) is 19.6 Å². The molecule has 31 heavy (non-hydrogen) atoms. The average molecular weight is 467 g/mol. The molecule has 0 radical (unpaired) electrons. The van der Waals surface area contributed by atoms with E-state index in [1.165, 1.54) is 18.2 Å². The maximum Gasteiger partial charge on any atom is 0.295 e.